The van der Waals surface area contributed by atoms with Gasteiger partial charge in [0.1, 0.15) is 5.15 Å². The molecule has 4 heterocycles. The second-order valence-electron chi connectivity index (χ2n) is 8.58. The normalized spacial score (nSPS) is 18.6. The van der Waals surface area contributed by atoms with Crippen LogP contribution >= 0.6 is 11.6 Å². The molecule has 6 nitrogen and oxygen atoms in total. The summed E-state index contributed by atoms with van der Waals surface area (Å²) < 4.78 is 27.4. The van der Waals surface area contributed by atoms with Crippen molar-refractivity contribution in [1.82, 2.24) is 19.7 Å². The van der Waals surface area contributed by atoms with Gasteiger partial charge >= 0.3 is 0 Å². The van der Waals surface area contributed by atoms with Gasteiger partial charge in [0.05, 0.1) is 41.8 Å². The Hall–Kier alpha value is -2.21. The van der Waals surface area contributed by atoms with Crippen molar-refractivity contribution in [3.05, 3.63) is 40.4 Å². The second kappa shape index (κ2) is 9.11. The van der Waals surface area contributed by atoms with Gasteiger partial charge in [0.25, 0.3) is 6.43 Å². The summed E-state index contributed by atoms with van der Waals surface area (Å²) in [6.45, 7) is 5.19. The van der Waals surface area contributed by atoms with E-state index in [1.165, 1.54) is 0 Å². The van der Waals surface area contributed by atoms with E-state index >= 15 is 0 Å². The number of alkyl halides is 2. The summed E-state index contributed by atoms with van der Waals surface area (Å²) in [4.78, 5) is 8.15. The monoisotopic (exact) mass is 449 g/mol. The molecule has 0 unspecified atom stereocenters. The minimum atomic E-state index is -2.36. The SMILES string of the molecule is CC1(CO)CCN(c2cc(Cl)ncc2C#Cc2cnn3c2CN(CC(F)F)CC3)CC1. The fourth-order valence-corrected chi connectivity index (χ4v) is 4.26. The van der Waals surface area contributed by atoms with Crippen LogP contribution in [0.5, 0.6) is 0 Å². The smallest absolute Gasteiger partial charge is 0.251 e. The van der Waals surface area contributed by atoms with Crippen molar-refractivity contribution in [3.63, 3.8) is 0 Å². The molecule has 0 radical (unpaired) electrons. The molecule has 4 rings (SSSR count). The summed E-state index contributed by atoms with van der Waals surface area (Å²) in [5.74, 6) is 6.37. The Morgan fingerprint density at radius 2 is 1.90 bits per heavy atom. The predicted octanol–water partition coefficient (Wildman–Crippen LogP) is 3.01. The molecule has 2 aromatic rings. The highest BCUT2D eigenvalue weighted by molar-refractivity contribution is 6.29. The van der Waals surface area contributed by atoms with E-state index in [2.05, 4.69) is 33.7 Å². The van der Waals surface area contributed by atoms with Crippen molar-refractivity contribution >= 4 is 17.3 Å². The molecule has 1 fully saturated rings. The first kappa shape index (κ1) is 22.0. The number of rotatable bonds is 4. The zero-order valence-electron chi connectivity index (χ0n) is 17.5. The van der Waals surface area contributed by atoms with Crippen LogP contribution in [0, 0.1) is 17.3 Å². The highest BCUT2D eigenvalue weighted by Gasteiger charge is 2.30. The van der Waals surface area contributed by atoms with E-state index in [1.807, 2.05) is 10.7 Å². The molecule has 0 aliphatic carbocycles. The fraction of sp³-hybridized carbons (Fsp3) is 0.545. The van der Waals surface area contributed by atoms with Crippen LogP contribution in [0.15, 0.2) is 18.5 Å². The van der Waals surface area contributed by atoms with Crippen molar-refractivity contribution < 1.29 is 13.9 Å². The van der Waals surface area contributed by atoms with Crippen LogP contribution in [-0.2, 0) is 13.1 Å². The quantitative estimate of drug-likeness (QED) is 0.574. The van der Waals surface area contributed by atoms with Gasteiger partial charge in [-0.3, -0.25) is 9.58 Å². The largest absolute Gasteiger partial charge is 0.396 e. The molecule has 1 saturated heterocycles. The number of nitrogens with zero attached hydrogens (tertiary/aromatic N) is 5. The highest BCUT2D eigenvalue weighted by atomic mass is 35.5. The molecule has 0 bridgehead atoms. The Kier molecular flexibility index (Phi) is 6.47. The summed E-state index contributed by atoms with van der Waals surface area (Å²) in [7, 11) is 0. The van der Waals surface area contributed by atoms with Gasteiger partial charge in [0, 0.05) is 45.0 Å². The molecule has 2 aromatic heterocycles. The molecular weight excluding hydrogens is 424 g/mol. The first-order valence-electron chi connectivity index (χ1n) is 10.5. The number of halogens is 3. The zero-order chi connectivity index (χ0) is 22.0. The molecule has 0 saturated carbocycles. The van der Waals surface area contributed by atoms with E-state index in [-0.39, 0.29) is 18.6 Å². The van der Waals surface area contributed by atoms with Crippen LogP contribution in [0.2, 0.25) is 5.15 Å². The minimum Gasteiger partial charge on any atom is -0.396 e. The van der Waals surface area contributed by atoms with Crippen molar-refractivity contribution in [2.75, 3.05) is 37.7 Å². The summed E-state index contributed by atoms with van der Waals surface area (Å²) in [5.41, 5.74) is 3.23. The second-order valence-corrected chi connectivity index (χ2v) is 8.97. The Bertz CT molecular complexity index is 992. The van der Waals surface area contributed by atoms with Gasteiger partial charge in [0.15, 0.2) is 0 Å². The third-order valence-electron chi connectivity index (χ3n) is 6.22. The maximum Gasteiger partial charge on any atom is 0.251 e. The number of aliphatic hydroxyl groups excluding tert-OH is 1. The van der Waals surface area contributed by atoms with Crippen LogP contribution in [0.4, 0.5) is 14.5 Å². The van der Waals surface area contributed by atoms with Gasteiger partial charge in [-0.05, 0) is 18.3 Å². The van der Waals surface area contributed by atoms with Crippen LogP contribution < -0.4 is 4.90 Å². The van der Waals surface area contributed by atoms with Crippen LogP contribution in [0.25, 0.3) is 0 Å². The molecule has 0 atom stereocenters. The van der Waals surface area contributed by atoms with E-state index in [1.54, 1.807) is 17.3 Å². The molecule has 2 aliphatic rings. The fourth-order valence-electron chi connectivity index (χ4n) is 4.11. The highest BCUT2D eigenvalue weighted by Crippen LogP contribution is 2.34. The van der Waals surface area contributed by atoms with E-state index in [0.29, 0.717) is 24.8 Å². The van der Waals surface area contributed by atoms with E-state index in [4.69, 9.17) is 11.6 Å². The lowest BCUT2D eigenvalue weighted by molar-refractivity contribution is 0.0736. The first-order chi connectivity index (χ1) is 14.9. The van der Waals surface area contributed by atoms with Crippen LogP contribution in [0.1, 0.15) is 36.6 Å². The molecule has 31 heavy (non-hydrogen) atoms. The summed E-state index contributed by atoms with van der Waals surface area (Å²) >= 11 is 6.17. The lowest BCUT2D eigenvalue weighted by atomic mass is 9.81. The number of hydrogen-bond donors (Lipinski definition) is 1. The lowest BCUT2D eigenvalue weighted by Gasteiger charge is -2.39. The standard InChI is InChI=1S/C22H26ClF2N5O/c1-22(15-31)4-6-29(7-5-22)18-10-20(23)26-11-16(18)2-3-17-12-27-30-9-8-28(13-19(17)30)14-21(24)25/h10-12,21,31H,4-9,13-15H2,1H3. The van der Waals surface area contributed by atoms with Crippen LogP contribution in [0.3, 0.4) is 0 Å². The van der Waals surface area contributed by atoms with E-state index in [0.717, 1.165) is 48.4 Å². The summed E-state index contributed by atoms with van der Waals surface area (Å²) in [6.07, 6.45) is 2.78. The molecule has 2 aliphatic heterocycles. The number of hydrogen-bond acceptors (Lipinski definition) is 5. The number of pyridine rings is 1. The summed E-state index contributed by atoms with van der Waals surface area (Å²) in [5, 5.41) is 14.4. The van der Waals surface area contributed by atoms with Crippen molar-refractivity contribution in [1.29, 1.82) is 0 Å². The minimum absolute atomic E-state index is 0.0550. The predicted molar refractivity (Wildman–Crippen MR) is 115 cm³/mol. The number of fused-ring (bicyclic) bond motifs is 1. The Morgan fingerprint density at radius 3 is 2.61 bits per heavy atom. The molecule has 0 aromatic carbocycles. The number of aliphatic hydroxyl groups is 1. The van der Waals surface area contributed by atoms with E-state index in [9.17, 15) is 13.9 Å². The average Bonchev–Trinajstić information content (AvgIpc) is 3.15. The van der Waals surface area contributed by atoms with Crippen molar-refractivity contribution in [2.45, 2.75) is 39.3 Å². The topological polar surface area (TPSA) is 57.4 Å². The maximum absolute atomic E-state index is 12.8. The third-order valence-corrected chi connectivity index (χ3v) is 6.43. The van der Waals surface area contributed by atoms with Gasteiger partial charge in [-0.15, -0.1) is 0 Å². The molecule has 1 N–H and O–H groups in total. The van der Waals surface area contributed by atoms with Gasteiger partial charge in [-0.1, -0.05) is 30.4 Å². The Balaban J connectivity index is 1.57. The number of piperidine rings is 1. The molecule has 0 spiro atoms. The molecule has 0 amide bonds. The molecule has 9 heteroatoms. The summed E-state index contributed by atoms with van der Waals surface area (Å²) in [6, 6.07) is 1.82. The number of anilines is 1. The average molecular weight is 450 g/mol. The Labute approximate surface area is 185 Å². The third kappa shape index (κ3) is 5.00. The molecular formula is C22H26ClF2N5O. The molecule has 166 valence electrons. The van der Waals surface area contributed by atoms with Crippen LogP contribution in [-0.4, -0.2) is 64.0 Å². The van der Waals surface area contributed by atoms with Gasteiger partial charge < -0.3 is 10.0 Å². The number of aromatic nitrogens is 3. The van der Waals surface area contributed by atoms with Crippen molar-refractivity contribution in [2.24, 2.45) is 5.41 Å². The lowest BCUT2D eigenvalue weighted by Crippen LogP contribution is -2.40. The van der Waals surface area contributed by atoms with Gasteiger partial charge in [-0.25, -0.2) is 13.8 Å². The van der Waals surface area contributed by atoms with Crippen molar-refractivity contribution in [3.8, 4) is 11.8 Å². The van der Waals surface area contributed by atoms with Gasteiger partial charge in [-0.2, -0.15) is 5.10 Å². The van der Waals surface area contributed by atoms with E-state index < -0.39 is 6.43 Å². The van der Waals surface area contributed by atoms with Gasteiger partial charge in [0.2, 0.25) is 0 Å². The maximum atomic E-state index is 12.8. The Morgan fingerprint density at radius 1 is 1.16 bits per heavy atom. The zero-order valence-corrected chi connectivity index (χ0v) is 18.2. The first-order valence-corrected chi connectivity index (χ1v) is 10.8.